The van der Waals surface area contributed by atoms with Crippen LogP contribution in [0.1, 0.15) is 55.0 Å². The summed E-state index contributed by atoms with van der Waals surface area (Å²) in [5, 5.41) is 10.8. The van der Waals surface area contributed by atoms with Gasteiger partial charge in [0.05, 0.1) is 6.04 Å². The van der Waals surface area contributed by atoms with Gasteiger partial charge in [-0.1, -0.05) is 0 Å². The molecule has 21 heavy (non-hydrogen) atoms. The molecule has 3 rings (SSSR count). The van der Waals surface area contributed by atoms with Gasteiger partial charge in [-0.25, -0.2) is 0 Å². The first-order chi connectivity index (χ1) is 10.2. The minimum atomic E-state index is -0.779. The summed E-state index contributed by atoms with van der Waals surface area (Å²) < 4.78 is 0. The normalized spacial score (nSPS) is 21.1. The maximum Gasteiger partial charge on any atom is 0.303 e. The van der Waals surface area contributed by atoms with Gasteiger partial charge in [-0.3, -0.25) is 9.59 Å². The number of carbonyl (C=O) groups excluding carboxylic acids is 1. The number of carbonyl (C=O) groups is 2. The zero-order valence-electron chi connectivity index (χ0n) is 12.1. The molecule has 1 amide bonds. The number of thiophene rings is 1. The third kappa shape index (κ3) is 3.28. The van der Waals surface area contributed by atoms with Crippen LogP contribution in [-0.4, -0.2) is 28.4 Å². The van der Waals surface area contributed by atoms with Gasteiger partial charge in [0.15, 0.2) is 0 Å². The molecule has 0 bridgehead atoms. The van der Waals surface area contributed by atoms with Crippen LogP contribution in [0.2, 0.25) is 0 Å². The number of hydrogen-bond donors (Lipinski definition) is 1. The molecule has 0 saturated heterocycles. The number of carboxylic acid groups (broad SMARTS) is 1. The molecule has 5 heteroatoms. The minimum Gasteiger partial charge on any atom is -0.481 e. The van der Waals surface area contributed by atoms with Gasteiger partial charge in [0.25, 0.3) is 0 Å². The summed E-state index contributed by atoms with van der Waals surface area (Å²) in [7, 11) is 0. The summed E-state index contributed by atoms with van der Waals surface area (Å²) in [6.45, 7) is 0.826. The van der Waals surface area contributed by atoms with E-state index >= 15 is 0 Å². The van der Waals surface area contributed by atoms with E-state index in [0.717, 1.165) is 13.0 Å². The Hall–Kier alpha value is -1.36. The molecule has 1 aromatic heterocycles. The van der Waals surface area contributed by atoms with Gasteiger partial charge in [0, 0.05) is 24.3 Å². The molecule has 1 aliphatic carbocycles. The molecule has 1 aromatic rings. The molecule has 0 radical (unpaired) electrons. The van der Waals surface area contributed by atoms with Crippen molar-refractivity contribution in [3.63, 3.8) is 0 Å². The zero-order chi connectivity index (χ0) is 14.8. The smallest absolute Gasteiger partial charge is 0.303 e. The Kier molecular flexibility index (Phi) is 4.29. The topological polar surface area (TPSA) is 57.6 Å². The third-order valence-corrected chi connectivity index (χ3v) is 5.43. The van der Waals surface area contributed by atoms with Crippen molar-refractivity contribution >= 4 is 23.2 Å². The predicted molar refractivity (Wildman–Crippen MR) is 81.3 cm³/mol. The number of fused-ring (bicyclic) bond motifs is 1. The van der Waals surface area contributed by atoms with E-state index in [4.69, 9.17) is 5.11 Å². The summed E-state index contributed by atoms with van der Waals surface area (Å²) in [6.07, 6.45) is 5.33. The Morgan fingerprint density at radius 1 is 1.29 bits per heavy atom. The first kappa shape index (κ1) is 14.6. The predicted octanol–water partition coefficient (Wildman–Crippen LogP) is 3.23. The molecule has 1 unspecified atom stereocenters. The highest BCUT2D eigenvalue weighted by Crippen LogP contribution is 2.48. The first-order valence-corrected chi connectivity index (χ1v) is 8.62. The van der Waals surface area contributed by atoms with Crippen molar-refractivity contribution < 1.29 is 14.7 Å². The highest BCUT2D eigenvalue weighted by molar-refractivity contribution is 7.10. The van der Waals surface area contributed by atoms with Crippen LogP contribution in [0.25, 0.3) is 0 Å². The molecule has 0 spiro atoms. The maximum absolute atomic E-state index is 12.5. The van der Waals surface area contributed by atoms with Gasteiger partial charge in [-0.2, -0.15) is 0 Å². The van der Waals surface area contributed by atoms with Crippen LogP contribution < -0.4 is 0 Å². The molecule has 2 aliphatic rings. The highest BCUT2D eigenvalue weighted by Gasteiger charge is 2.41. The summed E-state index contributed by atoms with van der Waals surface area (Å²) >= 11 is 1.81. The molecule has 2 heterocycles. The standard InChI is InChI=1S/C16H21NO3S/c18-14(3-1-2-4-15(19)20)17-9-7-13-12(8-10-21-13)16(17)11-5-6-11/h8,10-11,16H,1-7,9H2,(H,19,20). The lowest BCUT2D eigenvalue weighted by Crippen LogP contribution is -2.40. The Morgan fingerprint density at radius 3 is 2.76 bits per heavy atom. The van der Waals surface area contributed by atoms with E-state index in [-0.39, 0.29) is 18.4 Å². The number of aliphatic carboxylic acids is 1. The van der Waals surface area contributed by atoms with Crippen molar-refractivity contribution in [1.29, 1.82) is 0 Å². The van der Waals surface area contributed by atoms with Crippen molar-refractivity contribution in [2.75, 3.05) is 6.54 Å². The van der Waals surface area contributed by atoms with Crippen LogP contribution in [0.3, 0.4) is 0 Å². The van der Waals surface area contributed by atoms with Crippen molar-refractivity contribution in [3.8, 4) is 0 Å². The number of carboxylic acids is 1. The fraction of sp³-hybridized carbons (Fsp3) is 0.625. The Bertz CT molecular complexity index is 535. The lowest BCUT2D eigenvalue weighted by Gasteiger charge is -2.36. The number of unbranched alkanes of at least 4 members (excludes halogenated alkanes) is 1. The third-order valence-electron chi connectivity index (χ3n) is 4.43. The van der Waals surface area contributed by atoms with E-state index in [9.17, 15) is 9.59 Å². The number of amides is 1. The molecule has 4 nitrogen and oxygen atoms in total. The second-order valence-electron chi connectivity index (χ2n) is 6.02. The second-order valence-corrected chi connectivity index (χ2v) is 7.02. The van der Waals surface area contributed by atoms with Gasteiger partial charge in [0.1, 0.15) is 0 Å². The molecule has 114 valence electrons. The fourth-order valence-corrected chi connectivity index (χ4v) is 4.16. The zero-order valence-corrected chi connectivity index (χ0v) is 12.9. The largest absolute Gasteiger partial charge is 0.481 e. The fourth-order valence-electron chi connectivity index (χ4n) is 3.24. The van der Waals surface area contributed by atoms with Crippen molar-refractivity contribution in [2.45, 2.75) is 51.0 Å². The molecule has 1 aliphatic heterocycles. The van der Waals surface area contributed by atoms with Crippen LogP contribution in [0.5, 0.6) is 0 Å². The monoisotopic (exact) mass is 307 g/mol. The van der Waals surface area contributed by atoms with Crippen LogP contribution in [-0.2, 0) is 16.0 Å². The molecular weight excluding hydrogens is 286 g/mol. The summed E-state index contributed by atoms with van der Waals surface area (Å²) in [5.74, 6) is 0.0648. The molecule has 1 saturated carbocycles. The molecule has 1 N–H and O–H groups in total. The Labute approximate surface area is 128 Å². The van der Waals surface area contributed by atoms with Gasteiger partial charge in [0.2, 0.25) is 5.91 Å². The number of nitrogens with zero attached hydrogens (tertiary/aromatic N) is 1. The average molecular weight is 307 g/mol. The van der Waals surface area contributed by atoms with E-state index in [2.05, 4.69) is 16.3 Å². The lowest BCUT2D eigenvalue weighted by molar-refractivity contribution is -0.138. The van der Waals surface area contributed by atoms with Crippen molar-refractivity contribution in [1.82, 2.24) is 4.90 Å². The van der Waals surface area contributed by atoms with Crippen LogP contribution in [0.15, 0.2) is 11.4 Å². The van der Waals surface area contributed by atoms with Gasteiger partial charge in [-0.15, -0.1) is 11.3 Å². The van der Waals surface area contributed by atoms with Gasteiger partial charge < -0.3 is 10.0 Å². The summed E-state index contributed by atoms with van der Waals surface area (Å²) in [6, 6.07) is 2.47. The molecule has 1 fully saturated rings. The van der Waals surface area contributed by atoms with E-state index < -0.39 is 5.97 Å². The number of hydrogen-bond acceptors (Lipinski definition) is 3. The summed E-state index contributed by atoms with van der Waals surface area (Å²) in [4.78, 5) is 26.5. The van der Waals surface area contributed by atoms with E-state index in [1.807, 2.05) is 11.3 Å². The van der Waals surface area contributed by atoms with Crippen molar-refractivity contribution in [3.05, 3.63) is 21.9 Å². The minimum absolute atomic E-state index is 0.161. The highest BCUT2D eigenvalue weighted by atomic mass is 32.1. The van der Waals surface area contributed by atoms with Crippen molar-refractivity contribution in [2.24, 2.45) is 5.92 Å². The van der Waals surface area contributed by atoms with Gasteiger partial charge >= 0.3 is 5.97 Å². The van der Waals surface area contributed by atoms with Crippen LogP contribution in [0, 0.1) is 5.92 Å². The van der Waals surface area contributed by atoms with E-state index in [1.165, 1.54) is 23.3 Å². The van der Waals surface area contributed by atoms with E-state index in [1.54, 1.807) is 0 Å². The van der Waals surface area contributed by atoms with E-state index in [0.29, 0.717) is 25.2 Å². The molecular formula is C16H21NO3S. The SMILES string of the molecule is O=C(O)CCCCC(=O)N1CCc2sccc2C1C1CC1. The maximum atomic E-state index is 12.5. The lowest BCUT2D eigenvalue weighted by atomic mass is 9.95. The molecule has 1 atom stereocenters. The van der Waals surface area contributed by atoms with Crippen LogP contribution >= 0.6 is 11.3 Å². The quantitative estimate of drug-likeness (QED) is 0.821. The first-order valence-electron chi connectivity index (χ1n) is 7.74. The average Bonchev–Trinajstić information content (AvgIpc) is 3.18. The molecule has 0 aromatic carbocycles. The number of rotatable bonds is 6. The van der Waals surface area contributed by atoms with Crippen LogP contribution in [0.4, 0.5) is 0 Å². The Morgan fingerprint density at radius 2 is 2.05 bits per heavy atom. The summed E-state index contributed by atoms with van der Waals surface area (Å²) in [5.41, 5.74) is 1.37. The Balaban J connectivity index is 1.61. The van der Waals surface area contributed by atoms with Gasteiger partial charge in [-0.05, 0) is 55.0 Å². The second kappa shape index (κ2) is 6.18.